The Labute approximate surface area is 423 Å². The Morgan fingerprint density at radius 3 is 2.03 bits per heavy atom. The van der Waals surface area contributed by atoms with Gasteiger partial charge in [-0.05, 0) is 130 Å². The third kappa shape index (κ3) is 5.94. The zero-order chi connectivity index (χ0) is 48.5. The van der Waals surface area contributed by atoms with E-state index >= 15 is 0 Å². The predicted molar refractivity (Wildman–Crippen MR) is 311 cm³/mol. The minimum atomic E-state index is -2.73. The summed E-state index contributed by atoms with van der Waals surface area (Å²) < 4.78 is 5.31. The van der Waals surface area contributed by atoms with Gasteiger partial charge in [0.1, 0.15) is 8.07 Å². The van der Waals surface area contributed by atoms with Gasteiger partial charge in [-0.15, -0.1) is 11.3 Å². The zero-order valence-electron chi connectivity index (χ0n) is 42.1. The molecule has 2 aromatic heterocycles. The Morgan fingerprint density at radius 1 is 0.563 bits per heavy atom. The number of anilines is 2. The van der Waals surface area contributed by atoms with Gasteiger partial charge in [-0.3, -0.25) is 0 Å². The van der Waals surface area contributed by atoms with Crippen molar-refractivity contribution in [2.24, 2.45) is 0 Å². The molecule has 0 saturated heterocycles. The number of benzene rings is 9. The first kappa shape index (κ1) is 42.9. The molecule has 0 spiro atoms. The maximum Gasteiger partial charge on any atom is 0.197 e. The second kappa shape index (κ2) is 14.6. The summed E-state index contributed by atoms with van der Waals surface area (Å²) in [4.78, 5) is 0. The molecule has 0 saturated carbocycles. The van der Waals surface area contributed by atoms with Gasteiger partial charge in [0.15, 0.2) is 7.28 Å². The summed E-state index contributed by atoms with van der Waals surface area (Å²) in [6.07, 6.45) is 0. The van der Waals surface area contributed by atoms with Gasteiger partial charge in [0.25, 0.3) is 0 Å². The quantitative estimate of drug-likeness (QED) is 0.174. The molecule has 0 fully saturated rings. The van der Waals surface area contributed by atoms with Gasteiger partial charge in [-0.1, -0.05) is 189 Å². The van der Waals surface area contributed by atoms with Crippen LogP contribution in [0, 0.1) is 0 Å². The van der Waals surface area contributed by atoms with Crippen LogP contribution in [0.2, 0.25) is 6.55 Å². The van der Waals surface area contributed by atoms with E-state index in [1.165, 1.54) is 130 Å². The van der Waals surface area contributed by atoms with Crippen LogP contribution in [0.25, 0.3) is 81.0 Å². The fourth-order valence-electron chi connectivity index (χ4n) is 13.1. The van der Waals surface area contributed by atoms with Gasteiger partial charge in [-0.2, -0.15) is 0 Å². The van der Waals surface area contributed by atoms with E-state index in [0.717, 1.165) is 11.4 Å². The van der Waals surface area contributed by atoms with Crippen molar-refractivity contribution in [1.29, 1.82) is 0 Å². The van der Waals surface area contributed by atoms with Crippen molar-refractivity contribution in [2.75, 3.05) is 5.32 Å². The topological polar surface area (TPSA) is 17.0 Å². The number of aromatic nitrogens is 1. The summed E-state index contributed by atoms with van der Waals surface area (Å²) >= 11 is 1.91. The number of nitrogens with zero attached hydrogens (tertiary/aromatic N) is 1. The Bertz CT molecular complexity index is 4100. The van der Waals surface area contributed by atoms with Gasteiger partial charge in [-0.25, -0.2) is 0 Å². The van der Waals surface area contributed by atoms with Gasteiger partial charge in [0, 0.05) is 64.5 Å². The van der Waals surface area contributed by atoms with Crippen molar-refractivity contribution >= 4 is 107 Å². The highest BCUT2D eigenvalue weighted by Crippen LogP contribution is 2.52. The fourth-order valence-corrected chi connectivity index (χ4v) is 18.6. The second-order valence-corrected chi connectivity index (χ2v) is 28.3. The van der Waals surface area contributed by atoms with Crippen LogP contribution in [0.1, 0.15) is 77.6 Å². The number of nitrogens with one attached hydrogen (secondary N) is 1. The highest BCUT2D eigenvalue weighted by atomic mass is 32.1. The van der Waals surface area contributed by atoms with Gasteiger partial charge < -0.3 is 9.88 Å². The molecule has 1 aliphatic carbocycles. The molecule has 11 aromatic rings. The molecular weight excluding hydrogens is 892 g/mol. The van der Waals surface area contributed by atoms with Crippen LogP contribution in [-0.4, -0.2) is 19.9 Å². The van der Waals surface area contributed by atoms with Crippen LogP contribution >= 0.6 is 11.3 Å². The zero-order valence-corrected chi connectivity index (χ0v) is 43.9. The summed E-state index contributed by atoms with van der Waals surface area (Å²) in [6.45, 7) is 21.4. The van der Waals surface area contributed by atoms with Crippen molar-refractivity contribution in [3.8, 4) is 39.1 Å². The maximum absolute atomic E-state index is 4.11. The van der Waals surface area contributed by atoms with Crippen molar-refractivity contribution < 1.29 is 0 Å². The third-order valence-electron chi connectivity index (χ3n) is 16.8. The largest absolute Gasteiger partial charge is 0.355 e. The number of hydrogen-bond acceptors (Lipinski definition) is 2. The summed E-state index contributed by atoms with van der Waals surface area (Å²) in [5, 5.41) is 13.9. The Kier molecular flexibility index (Phi) is 8.82. The molecule has 14 rings (SSSR count). The normalized spacial score (nSPS) is 16.2. The van der Waals surface area contributed by atoms with E-state index in [0.29, 0.717) is 0 Å². The first-order valence-corrected chi connectivity index (χ1v) is 28.7. The molecule has 5 heteroatoms. The molecule has 1 unspecified atom stereocenters. The van der Waals surface area contributed by atoms with Crippen LogP contribution in [0.5, 0.6) is 0 Å². The van der Waals surface area contributed by atoms with E-state index in [4.69, 9.17) is 0 Å². The number of rotatable bonds is 4. The van der Waals surface area contributed by atoms with Crippen LogP contribution in [0.3, 0.4) is 0 Å². The summed E-state index contributed by atoms with van der Waals surface area (Å²) in [6, 6.07) is 65.7. The van der Waals surface area contributed by atoms with Crippen molar-refractivity contribution in [1.82, 2.24) is 4.57 Å². The molecule has 71 heavy (non-hydrogen) atoms. The summed E-state index contributed by atoms with van der Waals surface area (Å²) in [5.74, 6) is 0. The SMILES string of the molecule is CC(C)(C)c1ccc(Nc2cc3c(cc2-c2c4c(c5c6cc(C(C)(C)C)ccc6n6c5c2[B]c2cc5c(cc2-6)C(C)(C)c2ccccc2-5)[Si](C)(c2ccccc2)c2ccccc2-4)sc2ccccc23)cc1. The molecule has 3 aliphatic rings. The summed E-state index contributed by atoms with van der Waals surface area (Å²) in [5.41, 5.74) is 21.9. The van der Waals surface area contributed by atoms with Crippen LogP contribution in [0.4, 0.5) is 11.4 Å². The lowest BCUT2D eigenvalue weighted by Crippen LogP contribution is -2.62. The predicted octanol–water partition coefficient (Wildman–Crippen LogP) is 14.5. The molecule has 4 heterocycles. The van der Waals surface area contributed by atoms with Gasteiger partial charge >= 0.3 is 0 Å². The van der Waals surface area contributed by atoms with E-state index in [2.05, 4.69) is 249 Å². The lowest BCUT2D eigenvalue weighted by atomic mass is 9.57. The smallest absolute Gasteiger partial charge is 0.197 e. The van der Waals surface area contributed by atoms with E-state index < -0.39 is 8.07 Å². The third-order valence-corrected chi connectivity index (χ3v) is 22.4. The lowest BCUT2D eigenvalue weighted by Gasteiger charge is -2.31. The average molecular weight is 948 g/mol. The minimum absolute atomic E-state index is 0.0379. The number of fused-ring (bicyclic) bond motifs is 15. The van der Waals surface area contributed by atoms with Crippen LogP contribution < -0.4 is 31.8 Å². The maximum atomic E-state index is 4.11. The van der Waals surface area contributed by atoms with Crippen molar-refractivity contribution in [3.05, 3.63) is 192 Å². The molecule has 1 atom stereocenters. The molecule has 343 valence electrons. The second-order valence-electron chi connectivity index (χ2n) is 23.3. The number of hydrogen-bond donors (Lipinski definition) is 1. The lowest BCUT2D eigenvalue weighted by molar-refractivity contribution is 0.590. The standard InChI is InChI=1S/C66H56BN2SSi/c1-64(2,3)38-27-30-40(31-28-38)68-52-35-46-43-22-14-17-25-55(43)70-56(46)36-47(52)58-59-44-23-15-18-26-57(44)71(9,41-19-11-10-12-20-41)63(59)60-48-33-39(65(4,5)6)29-32-53(48)69-54-37-50-45(34-51(54)67-61(58)62(60)69)42-21-13-16-24-49(42)66(50,7)8/h10-37,68H,1-9H3. The highest BCUT2D eigenvalue weighted by Gasteiger charge is 2.48. The highest BCUT2D eigenvalue weighted by molar-refractivity contribution is 7.25. The van der Waals surface area contributed by atoms with Crippen LogP contribution in [0.15, 0.2) is 170 Å². The van der Waals surface area contributed by atoms with E-state index in [-0.39, 0.29) is 16.2 Å². The van der Waals surface area contributed by atoms with E-state index in [1.54, 1.807) is 0 Å². The Hall–Kier alpha value is -6.92. The molecule has 0 amide bonds. The fraction of sp³-hybridized carbons (Fsp3) is 0.182. The minimum Gasteiger partial charge on any atom is -0.355 e. The van der Waals surface area contributed by atoms with Gasteiger partial charge in [0.2, 0.25) is 0 Å². The number of thiophene rings is 1. The van der Waals surface area contributed by atoms with E-state index in [9.17, 15) is 0 Å². The molecule has 2 aliphatic heterocycles. The molecule has 1 radical (unpaired) electrons. The van der Waals surface area contributed by atoms with Crippen molar-refractivity contribution in [2.45, 2.75) is 78.2 Å². The monoisotopic (exact) mass is 947 g/mol. The van der Waals surface area contributed by atoms with Crippen LogP contribution in [-0.2, 0) is 16.2 Å². The van der Waals surface area contributed by atoms with Gasteiger partial charge in [0.05, 0.1) is 5.52 Å². The Balaban J connectivity index is 1.18. The molecule has 2 nitrogen and oxygen atoms in total. The average Bonchev–Trinajstić information content (AvgIpc) is 4.05. The van der Waals surface area contributed by atoms with E-state index in [1.807, 2.05) is 11.3 Å². The molecular formula is C66H56BN2SSi. The molecule has 1 N–H and O–H groups in total. The molecule has 9 aromatic carbocycles. The first-order valence-electron chi connectivity index (χ1n) is 25.4. The molecule has 0 bridgehead atoms. The first-order chi connectivity index (χ1) is 34.1. The Morgan fingerprint density at radius 2 is 1.25 bits per heavy atom. The summed E-state index contributed by atoms with van der Waals surface area (Å²) in [7, 11) is -0.139. The van der Waals surface area contributed by atoms with Crippen molar-refractivity contribution in [3.63, 3.8) is 0 Å².